The molecule has 0 amide bonds. The van der Waals surface area contributed by atoms with Crippen LogP contribution in [0.25, 0.3) is 0 Å². The summed E-state index contributed by atoms with van der Waals surface area (Å²) in [6, 6.07) is 9.03. The van der Waals surface area contributed by atoms with Crippen molar-refractivity contribution in [3.8, 4) is 5.75 Å². The minimum Gasteiger partial charge on any atom is -0.493 e. The van der Waals surface area contributed by atoms with Crippen molar-refractivity contribution in [2.45, 2.75) is 38.6 Å². The summed E-state index contributed by atoms with van der Waals surface area (Å²) in [7, 11) is 0. The van der Waals surface area contributed by atoms with E-state index in [2.05, 4.69) is 43.4 Å². The van der Waals surface area contributed by atoms with Crippen LogP contribution in [0.5, 0.6) is 5.75 Å². The summed E-state index contributed by atoms with van der Waals surface area (Å²) >= 11 is 0. The number of benzene rings is 1. The highest BCUT2D eigenvalue weighted by molar-refractivity contribution is 5.37. The molecule has 0 fully saturated rings. The highest BCUT2D eigenvalue weighted by Gasteiger charge is 2.22. The molecule has 1 heterocycles. The number of para-hydroxylation sites is 1. The van der Waals surface area contributed by atoms with Gasteiger partial charge in [0.15, 0.2) is 0 Å². The van der Waals surface area contributed by atoms with Gasteiger partial charge in [0.05, 0.1) is 6.61 Å². The smallest absolute Gasteiger partial charge is 0.122 e. The molecule has 2 heteroatoms. The van der Waals surface area contributed by atoms with Crippen LogP contribution in [0.2, 0.25) is 0 Å². The van der Waals surface area contributed by atoms with Gasteiger partial charge in [0.25, 0.3) is 0 Å². The fraction of sp³-hybridized carbons (Fsp3) is 0.571. The minimum absolute atomic E-state index is 0.584. The molecule has 1 aromatic rings. The van der Waals surface area contributed by atoms with Crippen LogP contribution in [0.1, 0.15) is 38.2 Å². The van der Waals surface area contributed by atoms with Crippen LogP contribution in [0.4, 0.5) is 0 Å². The summed E-state index contributed by atoms with van der Waals surface area (Å²) in [5.41, 5.74) is 1.39. The van der Waals surface area contributed by atoms with Crippen molar-refractivity contribution >= 4 is 0 Å². The molecule has 1 N–H and O–H groups in total. The Morgan fingerprint density at radius 3 is 3.06 bits per heavy atom. The second kappa shape index (κ2) is 5.35. The molecular formula is C14H21NO. The van der Waals surface area contributed by atoms with E-state index in [1.54, 1.807) is 0 Å². The molecule has 2 nitrogen and oxygen atoms in total. The second-order valence-electron chi connectivity index (χ2n) is 4.57. The fourth-order valence-corrected chi connectivity index (χ4v) is 2.52. The molecule has 0 spiro atoms. The summed E-state index contributed by atoms with van der Waals surface area (Å²) in [5, 5.41) is 3.48. The van der Waals surface area contributed by atoms with Gasteiger partial charge in [-0.2, -0.15) is 0 Å². The van der Waals surface area contributed by atoms with Crippen LogP contribution in [-0.2, 0) is 0 Å². The predicted molar refractivity (Wildman–Crippen MR) is 67.1 cm³/mol. The van der Waals surface area contributed by atoms with Crippen LogP contribution in [0.3, 0.4) is 0 Å². The molecule has 0 saturated heterocycles. The van der Waals surface area contributed by atoms with Gasteiger partial charge >= 0.3 is 0 Å². The van der Waals surface area contributed by atoms with Crippen LogP contribution in [-0.4, -0.2) is 19.2 Å². The molecule has 2 unspecified atom stereocenters. The predicted octanol–water partition coefficient (Wildman–Crippen LogP) is 2.94. The molecule has 0 radical (unpaired) electrons. The van der Waals surface area contributed by atoms with Gasteiger partial charge in [0.2, 0.25) is 0 Å². The number of nitrogens with one attached hydrogen (secondary N) is 1. The van der Waals surface area contributed by atoms with E-state index < -0.39 is 0 Å². The monoisotopic (exact) mass is 219 g/mol. The lowest BCUT2D eigenvalue weighted by molar-refractivity contribution is 0.257. The van der Waals surface area contributed by atoms with Crippen LogP contribution in [0, 0.1) is 0 Å². The minimum atomic E-state index is 0.584. The van der Waals surface area contributed by atoms with Gasteiger partial charge in [-0.15, -0.1) is 0 Å². The van der Waals surface area contributed by atoms with Crippen molar-refractivity contribution < 1.29 is 4.74 Å². The zero-order chi connectivity index (χ0) is 11.4. The maximum atomic E-state index is 5.67. The van der Waals surface area contributed by atoms with Crippen LogP contribution in [0.15, 0.2) is 24.3 Å². The van der Waals surface area contributed by atoms with E-state index in [4.69, 9.17) is 4.74 Å². The quantitative estimate of drug-likeness (QED) is 0.840. The van der Waals surface area contributed by atoms with E-state index in [0.717, 1.165) is 25.3 Å². The van der Waals surface area contributed by atoms with Gasteiger partial charge in [0.1, 0.15) is 5.75 Å². The Hall–Kier alpha value is -1.02. The molecule has 88 valence electrons. The molecule has 0 saturated carbocycles. The Bertz CT molecular complexity index is 337. The SMILES string of the molecule is CCNC(C)CC1CCOc2ccccc21. The van der Waals surface area contributed by atoms with Crippen molar-refractivity contribution in [3.63, 3.8) is 0 Å². The molecular weight excluding hydrogens is 198 g/mol. The first-order valence-corrected chi connectivity index (χ1v) is 6.26. The Kier molecular flexibility index (Phi) is 3.83. The Balaban J connectivity index is 2.07. The summed E-state index contributed by atoms with van der Waals surface area (Å²) in [5.74, 6) is 1.74. The van der Waals surface area contributed by atoms with Gasteiger partial charge < -0.3 is 10.1 Å². The van der Waals surface area contributed by atoms with E-state index in [-0.39, 0.29) is 0 Å². The molecule has 0 aliphatic carbocycles. The average Bonchev–Trinajstić information content (AvgIpc) is 2.30. The highest BCUT2D eigenvalue weighted by atomic mass is 16.5. The van der Waals surface area contributed by atoms with Gasteiger partial charge in [-0.1, -0.05) is 25.1 Å². The van der Waals surface area contributed by atoms with Crippen molar-refractivity contribution in [1.29, 1.82) is 0 Å². The molecule has 2 atom stereocenters. The highest BCUT2D eigenvalue weighted by Crippen LogP contribution is 2.35. The van der Waals surface area contributed by atoms with Crippen LogP contribution < -0.4 is 10.1 Å². The van der Waals surface area contributed by atoms with E-state index in [9.17, 15) is 0 Å². The number of hydrogen-bond donors (Lipinski definition) is 1. The third-order valence-electron chi connectivity index (χ3n) is 3.27. The zero-order valence-corrected chi connectivity index (χ0v) is 10.2. The maximum Gasteiger partial charge on any atom is 0.122 e. The lowest BCUT2D eigenvalue weighted by Gasteiger charge is -2.28. The molecule has 0 bridgehead atoms. The van der Waals surface area contributed by atoms with Crippen LogP contribution >= 0.6 is 0 Å². The summed E-state index contributed by atoms with van der Waals surface area (Å²) in [4.78, 5) is 0. The molecule has 2 rings (SSSR count). The Morgan fingerprint density at radius 2 is 2.25 bits per heavy atom. The molecule has 0 aromatic heterocycles. The van der Waals surface area contributed by atoms with Crippen molar-refractivity contribution in [1.82, 2.24) is 5.32 Å². The normalized spacial score (nSPS) is 21.0. The average molecular weight is 219 g/mol. The van der Waals surface area contributed by atoms with E-state index in [0.29, 0.717) is 12.0 Å². The first-order chi connectivity index (χ1) is 7.81. The molecule has 1 aromatic carbocycles. The van der Waals surface area contributed by atoms with Crippen molar-refractivity contribution in [2.24, 2.45) is 0 Å². The van der Waals surface area contributed by atoms with E-state index in [1.807, 2.05) is 0 Å². The van der Waals surface area contributed by atoms with Gasteiger partial charge in [-0.3, -0.25) is 0 Å². The number of rotatable bonds is 4. The number of fused-ring (bicyclic) bond motifs is 1. The number of ether oxygens (including phenoxy) is 1. The summed E-state index contributed by atoms with van der Waals surface area (Å²) < 4.78 is 5.67. The topological polar surface area (TPSA) is 21.3 Å². The van der Waals surface area contributed by atoms with Crippen molar-refractivity contribution in [2.75, 3.05) is 13.2 Å². The van der Waals surface area contributed by atoms with Gasteiger partial charge in [-0.05, 0) is 43.9 Å². The van der Waals surface area contributed by atoms with Crippen molar-refractivity contribution in [3.05, 3.63) is 29.8 Å². The third kappa shape index (κ3) is 2.56. The summed E-state index contributed by atoms with van der Waals surface area (Å²) in [6.45, 7) is 6.34. The summed E-state index contributed by atoms with van der Waals surface area (Å²) in [6.07, 6.45) is 2.35. The molecule has 1 aliphatic heterocycles. The second-order valence-corrected chi connectivity index (χ2v) is 4.57. The first kappa shape index (κ1) is 11.5. The standard InChI is InChI=1S/C14H21NO/c1-3-15-11(2)10-12-8-9-16-14-7-5-4-6-13(12)14/h4-7,11-12,15H,3,8-10H2,1-2H3. The largest absolute Gasteiger partial charge is 0.493 e. The molecule has 16 heavy (non-hydrogen) atoms. The number of hydrogen-bond acceptors (Lipinski definition) is 2. The third-order valence-corrected chi connectivity index (χ3v) is 3.27. The lowest BCUT2D eigenvalue weighted by Crippen LogP contribution is -2.29. The zero-order valence-electron chi connectivity index (χ0n) is 10.2. The lowest BCUT2D eigenvalue weighted by atomic mass is 9.88. The van der Waals surface area contributed by atoms with Gasteiger partial charge in [-0.25, -0.2) is 0 Å². The van der Waals surface area contributed by atoms with Gasteiger partial charge in [0, 0.05) is 6.04 Å². The molecule has 1 aliphatic rings. The first-order valence-electron chi connectivity index (χ1n) is 6.26. The van der Waals surface area contributed by atoms with E-state index >= 15 is 0 Å². The Labute approximate surface area is 98.0 Å². The Morgan fingerprint density at radius 1 is 1.44 bits per heavy atom. The van der Waals surface area contributed by atoms with E-state index in [1.165, 1.54) is 12.0 Å². The maximum absolute atomic E-state index is 5.67. The fourth-order valence-electron chi connectivity index (χ4n) is 2.52.